The Kier molecular flexibility index (Phi) is 8.40. The van der Waals surface area contributed by atoms with Crippen LogP contribution in [-0.2, 0) is 18.4 Å². The number of hydrogen-bond donors (Lipinski definition) is 7. The van der Waals surface area contributed by atoms with E-state index in [4.69, 9.17) is 30.6 Å². The molecular weight excluding hydrogens is 544 g/mol. The number of nitrogens with zero attached hydrogens (tertiary/aromatic N) is 4. The monoisotopic (exact) mass is 571 g/mol. The van der Waals surface area contributed by atoms with Gasteiger partial charge in [0.2, 0.25) is 5.28 Å². The molecule has 1 saturated carbocycles. The van der Waals surface area contributed by atoms with Crippen molar-refractivity contribution in [2.75, 3.05) is 24.4 Å². The van der Waals surface area contributed by atoms with Gasteiger partial charge in [-0.15, -0.1) is 5.10 Å². The third-order valence-electron chi connectivity index (χ3n) is 6.13. The van der Waals surface area contributed by atoms with Crippen LogP contribution < -0.4 is 5.32 Å². The summed E-state index contributed by atoms with van der Waals surface area (Å²) in [6.45, 7) is -0.187. The smallest absolute Gasteiger partial charge is 0.340 e. The number of anilines is 1. The Balaban J connectivity index is 1.49. The number of halogens is 1. The standard InChI is InChI=1S/C18H28ClN5O10P2/c19-18-22-16(20-5-9-2-1-3-10(25)4-9)17-21-6-11(24(17)23-18)15-14(27)13(26)12(34-15)7-33-36(31,32)8-35(28,29)30/h6,9-10,12-15,25-27H,1-5,7-8H2,(H,31,32)(H,20,22,23)(H2,28,29,30)/t9-,10?,12+,13+,14+,15?/m0/s1. The van der Waals surface area contributed by atoms with Gasteiger partial charge in [0.1, 0.15) is 24.4 Å². The first-order valence-corrected chi connectivity index (χ1v) is 15.1. The third kappa shape index (κ3) is 6.61. The maximum atomic E-state index is 11.9. The molecule has 0 amide bonds. The Labute approximate surface area is 210 Å². The minimum Gasteiger partial charge on any atom is -0.393 e. The summed E-state index contributed by atoms with van der Waals surface area (Å²) in [6.07, 6.45) is -1.19. The first kappa shape index (κ1) is 27.8. The lowest BCUT2D eigenvalue weighted by molar-refractivity contribution is -0.0204. The average molecular weight is 572 g/mol. The molecule has 0 aromatic carbocycles. The summed E-state index contributed by atoms with van der Waals surface area (Å²) >= 11 is 6.10. The molecular formula is C18H28ClN5O10P2. The van der Waals surface area contributed by atoms with E-state index in [1.807, 2.05) is 0 Å². The molecule has 0 bridgehead atoms. The largest absolute Gasteiger partial charge is 0.393 e. The quantitative estimate of drug-likeness (QED) is 0.200. The molecule has 7 atom stereocenters. The van der Waals surface area contributed by atoms with Crippen molar-refractivity contribution in [2.45, 2.75) is 56.2 Å². The van der Waals surface area contributed by atoms with Gasteiger partial charge in [-0.2, -0.15) is 4.98 Å². The zero-order valence-electron chi connectivity index (χ0n) is 18.9. The molecule has 4 rings (SSSR count). The predicted octanol–water partition coefficient (Wildman–Crippen LogP) is 0.240. The van der Waals surface area contributed by atoms with E-state index in [-0.39, 0.29) is 28.6 Å². The molecule has 7 N–H and O–H groups in total. The van der Waals surface area contributed by atoms with Crippen molar-refractivity contribution >= 4 is 38.3 Å². The lowest BCUT2D eigenvalue weighted by Gasteiger charge is -2.26. The number of nitrogens with one attached hydrogen (secondary N) is 1. The highest BCUT2D eigenvalue weighted by Crippen LogP contribution is 2.55. The van der Waals surface area contributed by atoms with Gasteiger partial charge in [0, 0.05) is 6.54 Å². The fourth-order valence-corrected chi connectivity index (χ4v) is 7.20. The number of rotatable bonds is 9. The number of imidazole rings is 1. The Bertz CT molecular complexity index is 1180. The number of aliphatic hydroxyl groups excluding tert-OH is 3. The van der Waals surface area contributed by atoms with Gasteiger partial charge in [0.05, 0.1) is 24.6 Å². The van der Waals surface area contributed by atoms with Gasteiger partial charge < -0.3 is 44.6 Å². The number of hydrogen-bond acceptors (Lipinski definition) is 11. The normalized spacial score (nSPS) is 31.0. The van der Waals surface area contributed by atoms with E-state index in [0.717, 1.165) is 19.3 Å². The molecule has 1 saturated heterocycles. The molecule has 36 heavy (non-hydrogen) atoms. The second-order valence-corrected chi connectivity index (χ2v) is 13.4. The molecule has 18 heteroatoms. The topological polar surface area (TPSA) is 229 Å². The molecule has 2 aromatic heterocycles. The Hall–Kier alpha value is -1.22. The van der Waals surface area contributed by atoms with E-state index >= 15 is 0 Å². The minimum absolute atomic E-state index is 0.125. The summed E-state index contributed by atoms with van der Waals surface area (Å²) in [7, 11) is -9.51. The van der Waals surface area contributed by atoms with Gasteiger partial charge in [-0.3, -0.25) is 9.13 Å². The van der Waals surface area contributed by atoms with Crippen LogP contribution >= 0.6 is 26.8 Å². The van der Waals surface area contributed by atoms with E-state index < -0.39 is 52.1 Å². The van der Waals surface area contributed by atoms with Crippen LogP contribution in [0.1, 0.15) is 37.5 Å². The molecule has 202 valence electrons. The zero-order chi connectivity index (χ0) is 26.3. The summed E-state index contributed by atoms with van der Waals surface area (Å²) in [5.74, 6) is -0.832. The van der Waals surface area contributed by atoms with Crippen molar-refractivity contribution in [3.05, 3.63) is 17.2 Å². The Morgan fingerprint density at radius 2 is 1.94 bits per heavy atom. The zero-order valence-corrected chi connectivity index (χ0v) is 21.4. The van der Waals surface area contributed by atoms with Gasteiger partial charge >= 0.3 is 15.2 Å². The van der Waals surface area contributed by atoms with Crippen LogP contribution in [0.2, 0.25) is 5.28 Å². The minimum atomic E-state index is -4.83. The molecule has 3 unspecified atom stereocenters. The molecule has 0 spiro atoms. The highest BCUT2D eigenvalue weighted by Gasteiger charge is 2.46. The van der Waals surface area contributed by atoms with Crippen LogP contribution in [0, 0.1) is 5.92 Å². The maximum Gasteiger partial charge on any atom is 0.340 e. The van der Waals surface area contributed by atoms with E-state index in [2.05, 4.69) is 20.4 Å². The molecule has 15 nitrogen and oxygen atoms in total. The highest BCUT2D eigenvalue weighted by molar-refractivity contribution is 7.70. The summed E-state index contributed by atoms with van der Waals surface area (Å²) < 4.78 is 34.6. The van der Waals surface area contributed by atoms with Crippen LogP contribution in [-0.4, -0.2) is 93.1 Å². The summed E-state index contributed by atoms with van der Waals surface area (Å²) in [4.78, 5) is 35.9. The predicted molar refractivity (Wildman–Crippen MR) is 125 cm³/mol. The Morgan fingerprint density at radius 3 is 2.64 bits per heavy atom. The van der Waals surface area contributed by atoms with E-state index in [1.165, 1.54) is 10.7 Å². The molecule has 1 aliphatic carbocycles. The number of aromatic nitrogens is 4. The van der Waals surface area contributed by atoms with Crippen LogP contribution in [0.3, 0.4) is 0 Å². The van der Waals surface area contributed by atoms with Crippen molar-refractivity contribution in [3.63, 3.8) is 0 Å². The number of fused-ring (bicyclic) bond motifs is 1. The van der Waals surface area contributed by atoms with Crippen molar-refractivity contribution in [1.29, 1.82) is 0 Å². The second kappa shape index (κ2) is 10.9. The lowest BCUT2D eigenvalue weighted by atomic mass is 9.87. The van der Waals surface area contributed by atoms with E-state index in [0.29, 0.717) is 18.8 Å². The van der Waals surface area contributed by atoms with Crippen LogP contribution in [0.25, 0.3) is 5.65 Å². The van der Waals surface area contributed by atoms with Gasteiger partial charge in [0.25, 0.3) is 0 Å². The third-order valence-corrected chi connectivity index (χ3v) is 9.75. The first-order valence-electron chi connectivity index (χ1n) is 11.2. The first-order chi connectivity index (χ1) is 16.8. The molecule has 2 aliphatic rings. The average Bonchev–Trinajstić information content (AvgIpc) is 3.30. The van der Waals surface area contributed by atoms with Crippen LogP contribution in [0.4, 0.5) is 5.82 Å². The van der Waals surface area contributed by atoms with Crippen molar-refractivity contribution in [2.24, 2.45) is 5.92 Å². The molecule has 1 aliphatic heterocycles. The SMILES string of the molecule is O=P(O)(O)CP(=O)(O)OC[C@H]1OC(c2cnc3c(NC[C@H]4CCCC(O)C4)nc(Cl)nn23)[C@H](O)[C@@H]1O. The van der Waals surface area contributed by atoms with Crippen molar-refractivity contribution in [1.82, 2.24) is 19.6 Å². The highest BCUT2D eigenvalue weighted by atomic mass is 35.5. The molecule has 2 aromatic rings. The van der Waals surface area contributed by atoms with Gasteiger partial charge in [-0.1, -0.05) is 6.42 Å². The van der Waals surface area contributed by atoms with Gasteiger partial charge in [0.15, 0.2) is 17.4 Å². The van der Waals surface area contributed by atoms with Gasteiger partial charge in [-0.25, -0.2) is 9.50 Å². The van der Waals surface area contributed by atoms with E-state index in [9.17, 15) is 29.3 Å². The van der Waals surface area contributed by atoms with Gasteiger partial charge in [-0.05, 0) is 36.8 Å². The maximum absolute atomic E-state index is 11.9. The molecule has 3 heterocycles. The Morgan fingerprint density at radius 1 is 1.19 bits per heavy atom. The van der Waals surface area contributed by atoms with E-state index in [1.54, 1.807) is 0 Å². The second-order valence-electron chi connectivity index (χ2n) is 9.03. The fourth-order valence-electron chi connectivity index (χ4n) is 4.47. The molecule has 2 fully saturated rings. The van der Waals surface area contributed by atoms with Crippen LogP contribution in [0.15, 0.2) is 6.20 Å². The number of ether oxygens (including phenoxy) is 1. The molecule has 0 radical (unpaired) electrons. The fraction of sp³-hybridized carbons (Fsp3) is 0.722. The van der Waals surface area contributed by atoms with Crippen LogP contribution in [0.5, 0.6) is 0 Å². The van der Waals surface area contributed by atoms with Crippen molar-refractivity contribution < 1.29 is 48.4 Å². The summed E-state index contributed by atoms with van der Waals surface area (Å²) in [6, 6.07) is 0. The number of aliphatic hydroxyl groups is 3. The lowest BCUT2D eigenvalue weighted by Crippen LogP contribution is -2.33. The van der Waals surface area contributed by atoms with Crippen molar-refractivity contribution in [3.8, 4) is 0 Å². The summed E-state index contributed by atoms with van der Waals surface area (Å²) in [5.41, 5.74) is 0.485. The summed E-state index contributed by atoms with van der Waals surface area (Å²) in [5, 5.41) is 38.0.